The van der Waals surface area contributed by atoms with E-state index in [-0.39, 0.29) is 0 Å². The Labute approximate surface area is 138 Å². The summed E-state index contributed by atoms with van der Waals surface area (Å²) >= 11 is 0. The van der Waals surface area contributed by atoms with Gasteiger partial charge in [-0.1, -0.05) is 50.2 Å². The molecule has 0 unspecified atom stereocenters. The van der Waals surface area contributed by atoms with Crippen molar-refractivity contribution in [3.63, 3.8) is 0 Å². The summed E-state index contributed by atoms with van der Waals surface area (Å²) in [6.45, 7) is 8.23. The van der Waals surface area contributed by atoms with Crippen LogP contribution in [0.5, 0.6) is 11.5 Å². The van der Waals surface area contributed by atoms with Gasteiger partial charge in [0.2, 0.25) is 0 Å². The summed E-state index contributed by atoms with van der Waals surface area (Å²) in [5.41, 5.74) is 1.88. The zero-order valence-electron chi connectivity index (χ0n) is 13.9. The largest absolute Gasteiger partial charge is 0.508 e. The Morgan fingerprint density at radius 1 is 0.696 bits per heavy atom. The van der Waals surface area contributed by atoms with Gasteiger partial charge in [0.1, 0.15) is 11.5 Å². The van der Waals surface area contributed by atoms with Crippen molar-refractivity contribution in [1.82, 2.24) is 9.80 Å². The third-order valence-corrected chi connectivity index (χ3v) is 4.07. The topological polar surface area (TPSA) is 46.9 Å². The molecular formula is C19H26N2O2. The van der Waals surface area contributed by atoms with Crippen LogP contribution in [0.15, 0.2) is 48.5 Å². The smallest absolute Gasteiger partial charge is 0.120 e. The zero-order chi connectivity index (χ0) is 16.7. The maximum Gasteiger partial charge on any atom is 0.120 e. The van der Waals surface area contributed by atoms with Crippen molar-refractivity contribution in [2.75, 3.05) is 19.8 Å². The first kappa shape index (κ1) is 17.3. The monoisotopic (exact) mass is 314 g/mol. The lowest BCUT2D eigenvalue weighted by molar-refractivity contribution is 0.128. The molecule has 2 N–H and O–H groups in total. The summed E-state index contributed by atoms with van der Waals surface area (Å²) in [5, 5.41) is 19.9. The quantitative estimate of drug-likeness (QED) is 0.733. The number of hydrogen-bond acceptors (Lipinski definition) is 4. The zero-order valence-corrected chi connectivity index (χ0v) is 13.9. The lowest BCUT2D eigenvalue weighted by Gasteiger charge is -2.29. The van der Waals surface area contributed by atoms with Crippen molar-refractivity contribution >= 4 is 0 Å². The van der Waals surface area contributed by atoms with Gasteiger partial charge < -0.3 is 10.2 Å². The van der Waals surface area contributed by atoms with Crippen LogP contribution in [0, 0.1) is 0 Å². The van der Waals surface area contributed by atoms with Crippen LogP contribution in [0.25, 0.3) is 0 Å². The molecule has 0 bridgehead atoms. The SMILES string of the molecule is CCN(Cc1ccccc1O)CN(CC)Cc1ccccc1O. The first-order valence-electron chi connectivity index (χ1n) is 8.12. The maximum atomic E-state index is 9.94. The summed E-state index contributed by atoms with van der Waals surface area (Å²) in [5.74, 6) is 0.685. The predicted octanol–water partition coefficient (Wildman–Crippen LogP) is 3.40. The van der Waals surface area contributed by atoms with Crippen LogP contribution in [-0.4, -0.2) is 39.8 Å². The molecule has 0 saturated heterocycles. The molecule has 0 saturated carbocycles. The number of phenols is 2. The Hall–Kier alpha value is -2.04. The molecule has 0 radical (unpaired) electrons. The normalized spacial score (nSPS) is 11.3. The van der Waals surface area contributed by atoms with Gasteiger partial charge in [-0.05, 0) is 25.2 Å². The van der Waals surface area contributed by atoms with E-state index in [1.165, 1.54) is 0 Å². The van der Waals surface area contributed by atoms with Crippen LogP contribution >= 0.6 is 0 Å². The number of rotatable bonds is 8. The van der Waals surface area contributed by atoms with E-state index in [2.05, 4.69) is 23.6 Å². The highest BCUT2D eigenvalue weighted by Crippen LogP contribution is 2.20. The minimum atomic E-state index is 0.342. The Morgan fingerprint density at radius 2 is 1.09 bits per heavy atom. The van der Waals surface area contributed by atoms with E-state index in [0.29, 0.717) is 24.6 Å². The number of nitrogens with zero attached hydrogens (tertiary/aromatic N) is 2. The summed E-state index contributed by atoms with van der Waals surface area (Å²) in [4.78, 5) is 4.55. The van der Waals surface area contributed by atoms with Crippen LogP contribution < -0.4 is 0 Å². The summed E-state index contributed by atoms with van der Waals surface area (Å²) in [6.07, 6.45) is 0. The Bertz CT molecular complexity index is 562. The van der Waals surface area contributed by atoms with Gasteiger partial charge in [0.15, 0.2) is 0 Å². The molecule has 2 aromatic rings. The molecule has 0 aliphatic heterocycles. The fourth-order valence-electron chi connectivity index (χ4n) is 2.58. The van der Waals surface area contributed by atoms with Gasteiger partial charge in [0.05, 0.1) is 6.67 Å². The molecule has 4 heteroatoms. The second-order valence-corrected chi connectivity index (χ2v) is 5.69. The first-order chi connectivity index (χ1) is 11.1. The summed E-state index contributed by atoms with van der Waals surface area (Å²) in [7, 11) is 0. The molecule has 0 aliphatic carbocycles. The molecule has 4 nitrogen and oxygen atoms in total. The van der Waals surface area contributed by atoms with Crippen LogP contribution in [0.3, 0.4) is 0 Å². The highest BCUT2D eigenvalue weighted by molar-refractivity contribution is 5.32. The minimum absolute atomic E-state index is 0.342. The number of benzene rings is 2. The molecule has 23 heavy (non-hydrogen) atoms. The molecule has 2 rings (SSSR count). The summed E-state index contributed by atoms with van der Waals surface area (Å²) in [6, 6.07) is 14.9. The Morgan fingerprint density at radius 3 is 1.43 bits per heavy atom. The standard InChI is InChI=1S/C19H26N2O2/c1-3-20(13-16-9-5-7-11-18(16)22)15-21(4-2)14-17-10-6-8-12-19(17)23/h5-12,22-23H,3-4,13-15H2,1-2H3. The van der Waals surface area contributed by atoms with E-state index in [1.54, 1.807) is 12.1 Å². The maximum absolute atomic E-state index is 9.94. The fourth-order valence-corrected chi connectivity index (χ4v) is 2.58. The van der Waals surface area contributed by atoms with Gasteiger partial charge >= 0.3 is 0 Å². The third-order valence-electron chi connectivity index (χ3n) is 4.07. The average Bonchev–Trinajstić information content (AvgIpc) is 2.57. The second-order valence-electron chi connectivity index (χ2n) is 5.69. The average molecular weight is 314 g/mol. The van der Waals surface area contributed by atoms with Crippen molar-refractivity contribution in [2.24, 2.45) is 0 Å². The van der Waals surface area contributed by atoms with Crippen molar-refractivity contribution in [1.29, 1.82) is 0 Å². The van der Waals surface area contributed by atoms with Gasteiger partial charge in [-0.2, -0.15) is 0 Å². The molecule has 0 spiro atoms. The molecule has 0 heterocycles. The highest BCUT2D eigenvalue weighted by Gasteiger charge is 2.13. The minimum Gasteiger partial charge on any atom is -0.508 e. The predicted molar refractivity (Wildman–Crippen MR) is 93.2 cm³/mol. The van der Waals surface area contributed by atoms with Crippen LogP contribution in [0.4, 0.5) is 0 Å². The molecule has 2 aromatic carbocycles. The molecule has 0 aliphatic rings. The van der Waals surface area contributed by atoms with Gasteiger partial charge in [0, 0.05) is 24.2 Å². The molecule has 0 fully saturated rings. The number of hydrogen-bond donors (Lipinski definition) is 2. The highest BCUT2D eigenvalue weighted by atomic mass is 16.3. The van der Waals surface area contributed by atoms with Crippen molar-refractivity contribution in [2.45, 2.75) is 26.9 Å². The van der Waals surface area contributed by atoms with Gasteiger partial charge in [-0.15, -0.1) is 0 Å². The van der Waals surface area contributed by atoms with Gasteiger partial charge in [0.25, 0.3) is 0 Å². The molecule has 0 atom stereocenters. The van der Waals surface area contributed by atoms with E-state index >= 15 is 0 Å². The van der Waals surface area contributed by atoms with Crippen molar-refractivity contribution < 1.29 is 10.2 Å². The number of aromatic hydroxyl groups is 2. The number of phenolic OH excluding ortho intramolecular Hbond substituents is 2. The third kappa shape index (κ3) is 4.98. The van der Waals surface area contributed by atoms with Gasteiger partial charge in [-0.25, -0.2) is 0 Å². The van der Waals surface area contributed by atoms with E-state index in [1.807, 2.05) is 36.4 Å². The second kappa shape index (κ2) is 8.56. The van der Waals surface area contributed by atoms with E-state index in [9.17, 15) is 10.2 Å². The fraction of sp³-hybridized carbons (Fsp3) is 0.368. The lowest BCUT2D eigenvalue weighted by Crippen LogP contribution is -2.37. The van der Waals surface area contributed by atoms with E-state index < -0.39 is 0 Å². The van der Waals surface area contributed by atoms with Crippen molar-refractivity contribution in [3.05, 3.63) is 59.7 Å². The molecular weight excluding hydrogens is 288 g/mol. The Kier molecular flexibility index (Phi) is 6.44. The number of para-hydroxylation sites is 2. The summed E-state index contributed by atoms with van der Waals surface area (Å²) < 4.78 is 0. The molecule has 124 valence electrons. The Balaban J connectivity index is 2.01. The van der Waals surface area contributed by atoms with Crippen LogP contribution in [0.1, 0.15) is 25.0 Å². The van der Waals surface area contributed by atoms with E-state index in [4.69, 9.17) is 0 Å². The molecule has 0 aromatic heterocycles. The molecule has 0 amide bonds. The van der Waals surface area contributed by atoms with E-state index in [0.717, 1.165) is 30.9 Å². The lowest BCUT2D eigenvalue weighted by atomic mass is 10.2. The van der Waals surface area contributed by atoms with Crippen LogP contribution in [-0.2, 0) is 13.1 Å². The first-order valence-corrected chi connectivity index (χ1v) is 8.12. The van der Waals surface area contributed by atoms with Gasteiger partial charge in [-0.3, -0.25) is 9.80 Å². The van der Waals surface area contributed by atoms with Crippen molar-refractivity contribution in [3.8, 4) is 11.5 Å². The van der Waals surface area contributed by atoms with Crippen LogP contribution in [0.2, 0.25) is 0 Å².